The summed E-state index contributed by atoms with van der Waals surface area (Å²) in [7, 11) is 0. The van der Waals surface area contributed by atoms with Crippen LogP contribution in [0.4, 0.5) is 0 Å². The summed E-state index contributed by atoms with van der Waals surface area (Å²) in [4.78, 5) is 18.1. The van der Waals surface area contributed by atoms with Gasteiger partial charge >= 0.3 is 0 Å². The number of aromatic nitrogens is 2. The van der Waals surface area contributed by atoms with Crippen LogP contribution in [-0.4, -0.2) is 15.1 Å². The van der Waals surface area contributed by atoms with Crippen molar-refractivity contribution in [3.8, 4) is 17.0 Å². The topological polar surface area (TPSA) is 66.0 Å². The Morgan fingerprint density at radius 2 is 2.00 bits per heavy atom. The zero-order valence-corrected chi connectivity index (χ0v) is 9.24. The molecule has 0 spiro atoms. The van der Waals surface area contributed by atoms with Crippen LogP contribution in [0.1, 0.15) is 5.82 Å². The van der Waals surface area contributed by atoms with Crippen LogP contribution < -0.4 is 5.56 Å². The molecule has 5 heteroatoms. The number of benzene rings is 1. The standard InChI is InChI=1S/C11H10N2O2S/c14-10-9(7-4-2-1-3-5-7)11(15)13-8(6-16)12-10/h1-5,16H,6H2,(H2,12,13,14,15). The first-order valence-electron chi connectivity index (χ1n) is 4.71. The van der Waals surface area contributed by atoms with E-state index in [1.54, 1.807) is 24.3 Å². The van der Waals surface area contributed by atoms with Crippen molar-refractivity contribution < 1.29 is 5.11 Å². The van der Waals surface area contributed by atoms with Crippen LogP contribution in [0.25, 0.3) is 11.1 Å². The van der Waals surface area contributed by atoms with E-state index in [0.717, 1.165) is 0 Å². The Bertz CT molecular complexity index is 552. The number of rotatable bonds is 2. The maximum atomic E-state index is 11.7. The molecule has 0 radical (unpaired) electrons. The molecule has 0 aliphatic rings. The Labute approximate surface area is 97.4 Å². The molecule has 2 N–H and O–H groups in total. The number of hydrogen-bond donors (Lipinski definition) is 3. The number of hydrogen-bond acceptors (Lipinski definition) is 4. The fourth-order valence-electron chi connectivity index (χ4n) is 1.45. The van der Waals surface area contributed by atoms with Crippen LogP contribution in [0, 0.1) is 0 Å². The SMILES string of the molecule is O=c1[nH]c(CS)nc(O)c1-c1ccccc1. The van der Waals surface area contributed by atoms with Gasteiger partial charge in [-0.25, -0.2) is 0 Å². The molecular weight excluding hydrogens is 224 g/mol. The first-order valence-corrected chi connectivity index (χ1v) is 5.34. The van der Waals surface area contributed by atoms with Crippen molar-refractivity contribution in [2.75, 3.05) is 0 Å². The van der Waals surface area contributed by atoms with Crippen LogP contribution in [0.5, 0.6) is 5.88 Å². The minimum absolute atomic E-state index is 0.186. The molecule has 4 nitrogen and oxygen atoms in total. The number of nitrogens with one attached hydrogen (secondary N) is 1. The van der Waals surface area contributed by atoms with E-state index in [9.17, 15) is 9.90 Å². The number of aromatic amines is 1. The summed E-state index contributed by atoms with van der Waals surface area (Å²) >= 11 is 3.98. The third-order valence-electron chi connectivity index (χ3n) is 2.16. The van der Waals surface area contributed by atoms with Gasteiger partial charge in [0.15, 0.2) is 0 Å². The van der Waals surface area contributed by atoms with Crippen LogP contribution >= 0.6 is 12.6 Å². The first-order chi connectivity index (χ1) is 7.72. The maximum absolute atomic E-state index is 11.7. The van der Waals surface area contributed by atoms with Gasteiger partial charge in [-0.15, -0.1) is 0 Å². The molecule has 2 rings (SSSR count). The van der Waals surface area contributed by atoms with Crippen molar-refractivity contribution in [3.63, 3.8) is 0 Å². The Morgan fingerprint density at radius 3 is 2.56 bits per heavy atom. The van der Waals surface area contributed by atoms with E-state index >= 15 is 0 Å². The molecule has 2 aromatic rings. The number of aromatic hydroxyl groups is 1. The predicted molar refractivity (Wildman–Crippen MR) is 64.6 cm³/mol. The fraction of sp³-hybridized carbons (Fsp3) is 0.0909. The lowest BCUT2D eigenvalue weighted by molar-refractivity contribution is 0.451. The molecule has 0 unspecified atom stereocenters. The van der Waals surface area contributed by atoms with Crippen LogP contribution in [-0.2, 0) is 5.75 Å². The Morgan fingerprint density at radius 1 is 1.31 bits per heavy atom. The van der Waals surface area contributed by atoms with Crippen LogP contribution in [0.3, 0.4) is 0 Å². The van der Waals surface area contributed by atoms with Gasteiger partial charge in [0.1, 0.15) is 11.4 Å². The van der Waals surface area contributed by atoms with Crippen molar-refractivity contribution in [1.29, 1.82) is 0 Å². The minimum atomic E-state index is -0.359. The zero-order valence-electron chi connectivity index (χ0n) is 8.34. The van der Waals surface area contributed by atoms with Gasteiger partial charge < -0.3 is 10.1 Å². The average Bonchev–Trinajstić information content (AvgIpc) is 2.29. The second-order valence-corrected chi connectivity index (χ2v) is 3.55. The van der Waals surface area contributed by atoms with Gasteiger partial charge in [0.25, 0.3) is 5.56 Å². The molecule has 16 heavy (non-hydrogen) atoms. The van der Waals surface area contributed by atoms with Gasteiger partial charge in [0.2, 0.25) is 5.88 Å². The van der Waals surface area contributed by atoms with Crippen LogP contribution in [0.2, 0.25) is 0 Å². The molecular formula is C11H10N2O2S. The van der Waals surface area contributed by atoms with Crippen LogP contribution in [0.15, 0.2) is 35.1 Å². The second-order valence-electron chi connectivity index (χ2n) is 3.24. The lowest BCUT2D eigenvalue weighted by Gasteiger charge is -2.04. The third kappa shape index (κ3) is 1.94. The van der Waals surface area contributed by atoms with Gasteiger partial charge in [-0.1, -0.05) is 30.3 Å². The molecule has 0 amide bonds. The quantitative estimate of drug-likeness (QED) is 0.691. The summed E-state index contributed by atoms with van der Waals surface area (Å²) in [6.07, 6.45) is 0. The van der Waals surface area contributed by atoms with Gasteiger partial charge in [-0.2, -0.15) is 17.6 Å². The van der Waals surface area contributed by atoms with E-state index < -0.39 is 0 Å². The number of nitrogens with zero attached hydrogens (tertiary/aromatic N) is 1. The smallest absolute Gasteiger partial charge is 0.262 e. The van der Waals surface area contributed by atoms with E-state index in [1.165, 1.54) is 0 Å². The van der Waals surface area contributed by atoms with E-state index in [0.29, 0.717) is 11.4 Å². The lowest BCUT2D eigenvalue weighted by atomic mass is 10.1. The van der Waals surface area contributed by atoms with Crippen molar-refractivity contribution >= 4 is 12.6 Å². The van der Waals surface area contributed by atoms with Gasteiger partial charge in [0.05, 0.1) is 0 Å². The summed E-state index contributed by atoms with van der Waals surface area (Å²) in [5.41, 5.74) is 0.466. The highest BCUT2D eigenvalue weighted by molar-refractivity contribution is 7.79. The highest BCUT2D eigenvalue weighted by atomic mass is 32.1. The zero-order chi connectivity index (χ0) is 11.5. The van der Waals surface area contributed by atoms with Crippen molar-refractivity contribution in [2.24, 2.45) is 0 Å². The van der Waals surface area contributed by atoms with Gasteiger partial charge in [-0.05, 0) is 5.56 Å². The molecule has 1 aromatic carbocycles. The molecule has 1 aromatic heterocycles. The summed E-state index contributed by atoms with van der Waals surface area (Å²) < 4.78 is 0. The molecule has 0 atom stereocenters. The molecule has 82 valence electrons. The highest BCUT2D eigenvalue weighted by Crippen LogP contribution is 2.22. The number of H-pyrrole nitrogens is 1. The third-order valence-corrected chi connectivity index (χ3v) is 2.46. The molecule has 0 saturated heterocycles. The first kappa shape index (κ1) is 10.8. The van der Waals surface area contributed by atoms with Crippen molar-refractivity contribution in [2.45, 2.75) is 5.75 Å². The van der Waals surface area contributed by atoms with E-state index in [2.05, 4.69) is 22.6 Å². The van der Waals surface area contributed by atoms with Crippen molar-refractivity contribution in [3.05, 3.63) is 46.5 Å². The predicted octanol–water partition coefficient (Wildman–Crippen LogP) is 1.57. The largest absolute Gasteiger partial charge is 0.493 e. The molecule has 0 bridgehead atoms. The van der Waals surface area contributed by atoms with E-state index in [-0.39, 0.29) is 22.8 Å². The second kappa shape index (κ2) is 4.40. The summed E-state index contributed by atoms with van der Waals surface area (Å²) in [6, 6.07) is 8.91. The average molecular weight is 234 g/mol. The minimum Gasteiger partial charge on any atom is -0.493 e. The molecule has 0 saturated carbocycles. The number of thiol groups is 1. The molecule has 0 fully saturated rings. The van der Waals surface area contributed by atoms with E-state index in [1.807, 2.05) is 6.07 Å². The fourth-order valence-corrected chi connectivity index (χ4v) is 1.60. The Balaban J connectivity index is 2.63. The van der Waals surface area contributed by atoms with Crippen molar-refractivity contribution in [1.82, 2.24) is 9.97 Å². The molecule has 0 aliphatic carbocycles. The van der Waals surface area contributed by atoms with E-state index in [4.69, 9.17) is 0 Å². The highest BCUT2D eigenvalue weighted by Gasteiger charge is 2.11. The summed E-state index contributed by atoms with van der Waals surface area (Å²) in [5.74, 6) is 0.363. The maximum Gasteiger partial charge on any atom is 0.262 e. The normalized spacial score (nSPS) is 10.3. The lowest BCUT2D eigenvalue weighted by Crippen LogP contribution is -2.13. The summed E-state index contributed by atoms with van der Waals surface area (Å²) in [5, 5.41) is 9.69. The Kier molecular flexibility index (Phi) is 2.96. The molecule has 0 aliphatic heterocycles. The monoisotopic (exact) mass is 234 g/mol. The van der Waals surface area contributed by atoms with Gasteiger partial charge in [0, 0.05) is 5.75 Å². The van der Waals surface area contributed by atoms with Gasteiger partial charge in [-0.3, -0.25) is 4.79 Å². The summed E-state index contributed by atoms with van der Waals surface area (Å²) in [6.45, 7) is 0. The Hall–Kier alpha value is -1.75. The molecule has 1 heterocycles.